The van der Waals surface area contributed by atoms with Crippen LogP contribution in [0.1, 0.15) is 49.3 Å². The quantitative estimate of drug-likeness (QED) is 0.805. The molecular formula is C23H31N3O. The Labute approximate surface area is 162 Å². The summed E-state index contributed by atoms with van der Waals surface area (Å²) in [5.41, 5.74) is 10.9. The summed E-state index contributed by atoms with van der Waals surface area (Å²) in [6, 6.07) is 17.9. The maximum absolute atomic E-state index is 11.2. The van der Waals surface area contributed by atoms with Crippen LogP contribution in [0.2, 0.25) is 0 Å². The molecule has 4 nitrogen and oxygen atoms in total. The number of hydrogen-bond donors (Lipinski definition) is 2. The highest BCUT2D eigenvalue weighted by Crippen LogP contribution is 2.26. The Bertz CT molecular complexity index is 748. The number of benzene rings is 2. The Kier molecular flexibility index (Phi) is 6.64. The van der Waals surface area contributed by atoms with Gasteiger partial charge in [-0.3, -0.25) is 9.69 Å². The number of aryl methyl sites for hydroxylation is 1. The van der Waals surface area contributed by atoms with Crippen molar-refractivity contribution in [3.8, 4) is 0 Å². The van der Waals surface area contributed by atoms with Crippen LogP contribution in [0, 0.1) is 6.92 Å². The summed E-state index contributed by atoms with van der Waals surface area (Å²) < 4.78 is 0. The van der Waals surface area contributed by atoms with Crippen molar-refractivity contribution in [2.75, 3.05) is 5.32 Å². The van der Waals surface area contributed by atoms with Gasteiger partial charge in [0.2, 0.25) is 5.91 Å². The molecular weight excluding hydrogens is 334 g/mol. The van der Waals surface area contributed by atoms with E-state index in [1.807, 2.05) is 12.1 Å². The molecule has 3 N–H and O–H groups in total. The second-order valence-corrected chi connectivity index (χ2v) is 7.84. The summed E-state index contributed by atoms with van der Waals surface area (Å²) in [6.07, 6.45) is 4.54. The van der Waals surface area contributed by atoms with Crippen molar-refractivity contribution in [3.63, 3.8) is 0 Å². The summed E-state index contributed by atoms with van der Waals surface area (Å²) >= 11 is 0. The summed E-state index contributed by atoms with van der Waals surface area (Å²) in [5.74, 6) is -0.0395. The predicted molar refractivity (Wildman–Crippen MR) is 111 cm³/mol. The normalized spacial score (nSPS) is 19.9. The molecule has 0 radical (unpaired) electrons. The van der Waals surface area contributed by atoms with Gasteiger partial charge in [-0.1, -0.05) is 42.0 Å². The lowest BCUT2D eigenvalue weighted by atomic mass is 9.90. The predicted octanol–water partition coefficient (Wildman–Crippen LogP) is 4.23. The molecule has 0 unspecified atom stereocenters. The molecule has 1 aliphatic rings. The highest BCUT2D eigenvalue weighted by atomic mass is 16.1. The third-order valence-corrected chi connectivity index (χ3v) is 5.39. The Balaban J connectivity index is 1.73. The number of rotatable bonds is 6. The van der Waals surface area contributed by atoms with E-state index in [0.717, 1.165) is 44.5 Å². The largest absolute Gasteiger partial charge is 0.328 e. The van der Waals surface area contributed by atoms with Crippen molar-refractivity contribution < 1.29 is 4.79 Å². The van der Waals surface area contributed by atoms with Crippen LogP contribution in [0.4, 0.5) is 5.69 Å². The van der Waals surface area contributed by atoms with Crippen LogP contribution in [-0.4, -0.2) is 22.9 Å². The summed E-state index contributed by atoms with van der Waals surface area (Å²) in [4.78, 5) is 13.8. The zero-order valence-corrected chi connectivity index (χ0v) is 16.4. The summed E-state index contributed by atoms with van der Waals surface area (Å²) in [6.45, 7) is 5.54. The number of amides is 1. The number of anilines is 1. The maximum atomic E-state index is 11.2. The molecule has 0 bridgehead atoms. The molecule has 2 aromatic carbocycles. The Morgan fingerprint density at radius 2 is 1.70 bits per heavy atom. The van der Waals surface area contributed by atoms with Gasteiger partial charge < -0.3 is 11.1 Å². The molecule has 0 aliphatic heterocycles. The van der Waals surface area contributed by atoms with E-state index in [1.165, 1.54) is 23.6 Å². The van der Waals surface area contributed by atoms with Gasteiger partial charge in [-0.25, -0.2) is 0 Å². The summed E-state index contributed by atoms with van der Waals surface area (Å²) in [5, 5.41) is 2.83. The van der Waals surface area contributed by atoms with E-state index >= 15 is 0 Å². The first-order chi connectivity index (χ1) is 13.0. The second-order valence-electron chi connectivity index (χ2n) is 7.84. The van der Waals surface area contributed by atoms with E-state index in [1.54, 1.807) is 0 Å². The molecule has 0 saturated heterocycles. The number of nitrogens with zero attached hydrogens (tertiary/aromatic N) is 1. The van der Waals surface area contributed by atoms with E-state index < -0.39 is 0 Å². The molecule has 27 heavy (non-hydrogen) atoms. The van der Waals surface area contributed by atoms with Gasteiger partial charge in [0, 0.05) is 37.8 Å². The molecule has 1 saturated carbocycles. The van der Waals surface area contributed by atoms with Crippen LogP contribution < -0.4 is 11.1 Å². The SMILES string of the molecule is CC(=O)Nc1ccc(CN(Cc2cccc(C)c2)C2CCC(N)CC2)cc1. The molecule has 144 valence electrons. The van der Waals surface area contributed by atoms with E-state index in [9.17, 15) is 4.79 Å². The fourth-order valence-corrected chi connectivity index (χ4v) is 3.96. The molecule has 3 rings (SSSR count). The Morgan fingerprint density at radius 1 is 1.04 bits per heavy atom. The highest BCUT2D eigenvalue weighted by Gasteiger charge is 2.24. The molecule has 4 heteroatoms. The van der Waals surface area contributed by atoms with Gasteiger partial charge in [-0.2, -0.15) is 0 Å². The number of carbonyl (C=O) groups excluding carboxylic acids is 1. The van der Waals surface area contributed by atoms with E-state index in [2.05, 4.69) is 53.5 Å². The van der Waals surface area contributed by atoms with Crippen molar-refractivity contribution in [2.24, 2.45) is 5.73 Å². The van der Waals surface area contributed by atoms with Crippen molar-refractivity contribution in [1.82, 2.24) is 4.90 Å². The van der Waals surface area contributed by atoms with Crippen LogP contribution in [0.5, 0.6) is 0 Å². The zero-order valence-electron chi connectivity index (χ0n) is 16.4. The molecule has 1 fully saturated rings. The minimum atomic E-state index is -0.0395. The lowest BCUT2D eigenvalue weighted by Gasteiger charge is -2.36. The van der Waals surface area contributed by atoms with Crippen molar-refractivity contribution in [2.45, 2.75) is 64.7 Å². The number of carbonyl (C=O) groups is 1. The maximum Gasteiger partial charge on any atom is 0.221 e. The van der Waals surface area contributed by atoms with E-state index in [-0.39, 0.29) is 5.91 Å². The van der Waals surface area contributed by atoms with E-state index in [0.29, 0.717) is 12.1 Å². The molecule has 2 aromatic rings. The molecule has 0 aromatic heterocycles. The van der Waals surface area contributed by atoms with Crippen molar-refractivity contribution >= 4 is 11.6 Å². The molecule has 1 aliphatic carbocycles. The molecule has 1 amide bonds. The van der Waals surface area contributed by atoms with Crippen LogP contribution in [0.15, 0.2) is 48.5 Å². The minimum absolute atomic E-state index is 0.0395. The monoisotopic (exact) mass is 365 g/mol. The van der Waals surface area contributed by atoms with Crippen LogP contribution in [-0.2, 0) is 17.9 Å². The molecule has 0 atom stereocenters. The van der Waals surface area contributed by atoms with Gasteiger partial charge in [-0.05, 0) is 55.9 Å². The summed E-state index contributed by atoms with van der Waals surface area (Å²) in [7, 11) is 0. The lowest BCUT2D eigenvalue weighted by Crippen LogP contribution is -2.40. The van der Waals surface area contributed by atoms with Gasteiger partial charge in [0.15, 0.2) is 0 Å². The number of nitrogens with one attached hydrogen (secondary N) is 1. The fraction of sp³-hybridized carbons (Fsp3) is 0.435. The number of nitrogens with two attached hydrogens (primary N) is 1. The second kappa shape index (κ2) is 9.16. The fourth-order valence-electron chi connectivity index (χ4n) is 3.96. The lowest BCUT2D eigenvalue weighted by molar-refractivity contribution is -0.114. The smallest absolute Gasteiger partial charge is 0.221 e. The average molecular weight is 366 g/mol. The Hall–Kier alpha value is -2.17. The van der Waals surface area contributed by atoms with Gasteiger partial charge in [0.25, 0.3) is 0 Å². The van der Waals surface area contributed by atoms with Gasteiger partial charge in [-0.15, -0.1) is 0 Å². The van der Waals surface area contributed by atoms with Crippen molar-refractivity contribution in [1.29, 1.82) is 0 Å². The van der Waals surface area contributed by atoms with Gasteiger partial charge in [0.05, 0.1) is 0 Å². The first-order valence-electron chi connectivity index (χ1n) is 9.91. The number of hydrogen-bond acceptors (Lipinski definition) is 3. The third kappa shape index (κ3) is 5.91. The minimum Gasteiger partial charge on any atom is -0.328 e. The Morgan fingerprint density at radius 3 is 2.33 bits per heavy atom. The van der Waals surface area contributed by atoms with E-state index in [4.69, 9.17) is 5.73 Å². The van der Waals surface area contributed by atoms with Gasteiger partial charge in [0.1, 0.15) is 0 Å². The van der Waals surface area contributed by atoms with Crippen LogP contribution in [0.3, 0.4) is 0 Å². The topological polar surface area (TPSA) is 58.4 Å². The average Bonchev–Trinajstić information content (AvgIpc) is 2.63. The van der Waals surface area contributed by atoms with Crippen LogP contribution in [0.25, 0.3) is 0 Å². The highest BCUT2D eigenvalue weighted by molar-refractivity contribution is 5.88. The van der Waals surface area contributed by atoms with Crippen molar-refractivity contribution in [3.05, 3.63) is 65.2 Å². The first kappa shape index (κ1) is 19.6. The van der Waals surface area contributed by atoms with Gasteiger partial charge >= 0.3 is 0 Å². The molecule has 0 spiro atoms. The zero-order chi connectivity index (χ0) is 19.2. The molecule has 0 heterocycles. The third-order valence-electron chi connectivity index (χ3n) is 5.39. The first-order valence-corrected chi connectivity index (χ1v) is 9.91. The van der Waals surface area contributed by atoms with Crippen LogP contribution >= 0.6 is 0 Å². The standard InChI is InChI=1S/C23H31N3O/c1-17-4-3-5-20(14-17)16-26(23-12-8-21(24)9-13-23)15-19-6-10-22(11-7-19)25-18(2)27/h3-7,10-11,14,21,23H,8-9,12-13,15-16,24H2,1-2H3,(H,25,27).